The van der Waals surface area contributed by atoms with Crippen LogP contribution in [0.2, 0.25) is 0 Å². The number of thiophene rings is 1. The first-order valence-corrected chi connectivity index (χ1v) is 5.46. The van der Waals surface area contributed by atoms with Crippen LogP contribution in [0.5, 0.6) is 0 Å². The Morgan fingerprint density at radius 3 is 3.00 bits per heavy atom. The molecule has 1 heteroatoms. The molecule has 0 bridgehead atoms. The Morgan fingerprint density at radius 1 is 1.14 bits per heavy atom. The van der Waals surface area contributed by atoms with Crippen LogP contribution in [0, 0.1) is 13.0 Å². The van der Waals surface area contributed by atoms with Gasteiger partial charge in [-0.2, -0.15) is 0 Å². The Kier molecular flexibility index (Phi) is 1.62. The van der Waals surface area contributed by atoms with E-state index >= 15 is 0 Å². The van der Waals surface area contributed by atoms with Crippen LogP contribution in [0.25, 0.3) is 20.2 Å². The van der Waals surface area contributed by atoms with Crippen molar-refractivity contribution in [2.24, 2.45) is 0 Å². The highest BCUT2D eigenvalue weighted by Crippen LogP contribution is 2.34. The molecule has 1 radical (unpaired) electrons. The smallest absolute Gasteiger partial charge is 0.0361 e. The minimum absolute atomic E-state index is 1.33. The van der Waals surface area contributed by atoms with Crippen LogP contribution in [0.3, 0.4) is 0 Å². The van der Waals surface area contributed by atoms with Gasteiger partial charge in [0.15, 0.2) is 0 Å². The predicted octanol–water partition coefficient (Wildman–Crippen LogP) is 4.16. The summed E-state index contributed by atoms with van der Waals surface area (Å²) in [5, 5.41) is 2.77. The lowest BCUT2D eigenvalue weighted by Gasteiger charge is -1.95. The van der Waals surface area contributed by atoms with Crippen molar-refractivity contribution in [1.82, 2.24) is 0 Å². The van der Waals surface area contributed by atoms with Gasteiger partial charge in [0.05, 0.1) is 0 Å². The van der Waals surface area contributed by atoms with Crippen molar-refractivity contribution in [3.8, 4) is 0 Å². The van der Waals surface area contributed by atoms with E-state index in [9.17, 15) is 0 Å². The molecule has 14 heavy (non-hydrogen) atoms. The summed E-state index contributed by atoms with van der Waals surface area (Å²) in [6.45, 7) is 2.17. The first kappa shape index (κ1) is 8.01. The molecule has 0 atom stereocenters. The van der Waals surface area contributed by atoms with Gasteiger partial charge in [-0.3, -0.25) is 0 Å². The summed E-state index contributed by atoms with van der Waals surface area (Å²) in [5.74, 6) is 0. The largest absolute Gasteiger partial charge is 0.135 e. The summed E-state index contributed by atoms with van der Waals surface area (Å²) < 4.78 is 2.71. The zero-order valence-electron chi connectivity index (χ0n) is 7.87. The molecule has 0 aliphatic rings. The van der Waals surface area contributed by atoms with Gasteiger partial charge in [-0.05, 0) is 30.7 Å². The maximum atomic E-state index is 3.13. The van der Waals surface area contributed by atoms with Gasteiger partial charge in [0, 0.05) is 20.2 Å². The van der Waals surface area contributed by atoms with E-state index < -0.39 is 0 Å². The third-order valence-electron chi connectivity index (χ3n) is 2.55. The minimum Gasteiger partial charge on any atom is -0.135 e. The van der Waals surface area contributed by atoms with Gasteiger partial charge in [0.25, 0.3) is 0 Å². The zero-order chi connectivity index (χ0) is 9.54. The molecule has 0 saturated heterocycles. The fourth-order valence-corrected chi connectivity index (χ4v) is 3.06. The van der Waals surface area contributed by atoms with Crippen LogP contribution >= 0.6 is 11.3 Å². The van der Waals surface area contributed by atoms with Crippen LogP contribution in [0.4, 0.5) is 0 Å². The summed E-state index contributed by atoms with van der Waals surface area (Å²) >= 11 is 1.84. The summed E-state index contributed by atoms with van der Waals surface area (Å²) in [5.41, 5.74) is 1.36. The average Bonchev–Trinajstić information content (AvgIpc) is 2.57. The molecular weight excluding hydrogens is 188 g/mol. The molecule has 0 amide bonds. The highest BCUT2D eigenvalue weighted by atomic mass is 32.1. The molecule has 0 spiro atoms. The monoisotopic (exact) mass is 197 g/mol. The van der Waals surface area contributed by atoms with Crippen LogP contribution < -0.4 is 0 Å². The number of fused-ring (bicyclic) bond motifs is 3. The summed E-state index contributed by atoms with van der Waals surface area (Å²) in [7, 11) is 0. The second kappa shape index (κ2) is 2.82. The van der Waals surface area contributed by atoms with Gasteiger partial charge in [0.2, 0.25) is 0 Å². The fourth-order valence-electron chi connectivity index (χ4n) is 1.90. The standard InChI is InChI=1S/C13H9S/c1-9-5-4-8-12-13(9)10-6-2-3-7-11(10)14-12/h2,4-8H,1H3. The Morgan fingerprint density at radius 2 is 2.07 bits per heavy atom. The molecule has 0 saturated carbocycles. The van der Waals surface area contributed by atoms with Gasteiger partial charge in [-0.25, -0.2) is 0 Å². The summed E-state index contributed by atoms with van der Waals surface area (Å²) in [4.78, 5) is 0. The molecule has 3 aromatic rings. The second-order valence-corrected chi connectivity index (χ2v) is 4.56. The van der Waals surface area contributed by atoms with Gasteiger partial charge >= 0.3 is 0 Å². The predicted molar refractivity (Wildman–Crippen MR) is 62.9 cm³/mol. The molecule has 2 aromatic carbocycles. The molecule has 1 heterocycles. The molecule has 0 unspecified atom stereocenters. The highest BCUT2D eigenvalue weighted by molar-refractivity contribution is 7.25. The van der Waals surface area contributed by atoms with Crippen LogP contribution in [0.15, 0.2) is 36.4 Å². The van der Waals surface area contributed by atoms with Crippen molar-refractivity contribution in [1.29, 1.82) is 0 Å². The minimum atomic E-state index is 1.33. The topological polar surface area (TPSA) is 0 Å². The molecule has 0 aliphatic heterocycles. The zero-order valence-corrected chi connectivity index (χ0v) is 8.69. The maximum Gasteiger partial charge on any atom is 0.0361 e. The lowest BCUT2D eigenvalue weighted by molar-refractivity contribution is 1.55. The van der Waals surface area contributed by atoms with Crippen molar-refractivity contribution in [2.45, 2.75) is 6.92 Å². The van der Waals surface area contributed by atoms with Crippen molar-refractivity contribution in [3.63, 3.8) is 0 Å². The number of rotatable bonds is 0. The molecule has 0 aliphatic carbocycles. The molecule has 0 N–H and O–H groups in total. The summed E-state index contributed by atoms with van der Waals surface area (Å²) in [6.07, 6.45) is 0. The van der Waals surface area contributed by atoms with Crippen molar-refractivity contribution >= 4 is 31.5 Å². The lowest BCUT2D eigenvalue weighted by atomic mass is 10.1. The number of benzene rings is 2. The Balaban J connectivity index is 2.65. The Hall–Kier alpha value is -1.34. The molecule has 3 rings (SSSR count). The van der Waals surface area contributed by atoms with Gasteiger partial charge in [0.1, 0.15) is 0 Å². The third kappa shape index (κ3) is 0.992. The van der Waals surface area contributed by atoms with E-state index in [4.69, 9.17) is 0 Å². The SMILES string of the molecule is Cc1cccc2sc3c[c]ccc3c12. The normalized spacial score (nSPS) is 11.2. The molecule has 1 aromatic heterocycles. The van der Waals surface area contributed by atoms with Crippen LogP contribution in [0.1, 0.15) is 5.56 Å². The lowest BCUT2D eigenvalue weighted by Crippen LogP contribution is -1.72. The maximum absolute atomic E-state index is 3.13. The van der Waals surface area contributed by atoms with Crippen LogP contribution in [-0.4, -0.2) is 0 Å². The van der Waals surface area contributed by atoms with E-state index in [1.807, 2.05) is 17.4 Å². The fraction of sp³-hybridized carbons (Fsp3) is 0.0769. The summed E-state index contributed by atoms with van der Waals surface area (Å²) in [6, 6.07) is 15.8. The first-order valence-electron chi connectivity index (χ1n) is 4.64. The molecular formula is C13H9S. The van der Waals surface area contributed by atoms with Gasteiger partial charge in [-0.15, -0.1) is 11.3 Å². The van der Waals surface area contributed by atoms with E-state index in [0.29, 0.717) is 0 Å². The van der Waals surface area contributed by atoms with Crippen molar-refractivity contribution in [3.05, 3.63) is 48.0 Å². The van der Waals surface area contributed by atoms with E-state index in [1.165, 1.54) is 25.7 Å². The van der Waals surface area contributed by atoms with Crippen molar-refractivity contribution < 1.29 is 0 Å². The van der Waals surface area contributed by atoms with Gasteiger partial charge in [-0.1, -0.05) is 24.3 Å². The third-order valence-corrected chi connectivity index (χ3v) is 3.67. The van der Waals surface area contributed by atoms with Crippen molar-refractivity contribution in [2.75, 3.05) is 0 Å². The molecule has 0 fully saturated rings. The number of hydrogen-bond donors (Lipinski definition) is 0. The first-order chi connectivity index (χ1) is 6.86. The second-order valence-electron chi connectivity index (χ2n) is 3.47. The van der Waals surface area contributed by atoms with Gasteiger partial charge < -0.3 is 0 Å². The molecule has 67 valence electrons. The van der Waals surface area contributed by atoms with Crippen LogP contribution in [-0.2, 0) is 0 Å². The van der Waals surface area contributed by atoms with E-state index in [2.05, 4.69) is 43.3 Å². The van der Waals surface area contributed by atoms with E-state index in [-0.39, 0.29) is 0 Å². The highest BCUT2D eigenvalue weighted by Gasteiger charge is 2.05. The van der Waals surface area contributed by atoms with E-state index in [1.54, 1.807) is 0 Å². The Labute approximate surface area is 86.8 Å². The number of aryl methyl sites for hydroxylation is 1. The number of hydrogen-bond acceptors (Lipinski definition) is 1. The quantitative estimate of drug-likeness (QED) is 0.507. The Bertz CT molecular complexity index is 605. The van der Waals surface area contributed by atoms with E-state index in [0.717, 1.165) is 0 Å². The average molecular weight is 197 g/mol. The molecule has 0 nitrogen and oxygen atoms in total.